The highest BCUT2D eigenvalue weighted by atomic mass is 35.5. The number of phosphoric acid groups is 1. The van der Waals surface area contributed by atoms with Crippen LogP contribution in [0.2, 0.25) is 5.02 Å². The third kappa shape index (κ3) is 8.51. The summed E-state index contributed by atoms with van der Waals surface area (Å²) in [7, 11) is -4.65. The molecule has 0 aliphatic carbocycles. The van der Waals surface area contributed by atoms with Crippen LogP contribution in [0.25, 0.3) is 11.3 Å². The molecule has 1 atom stereocenters. The van der Waals surface area contributed by atoms with Crippen molar-refractivity contribution in [1.82, 2.24) is 15.3 Å². The van der Waals surface area contributed by atoms with E-state index >= 15 is 0 Å². The number of nitrogens with zero attached hydrogens (tertiary/aromatic N) is 1. The van der Waals surface area contributed by atoms with Gasteiger partial charge in [0.1, 0.15) is 5.75 Å². The second-order valence-corrected chi connectivity index (χ2v) is 10.8. The summed E-state index contributed by atoms with van der Waals surface area (Å²) in [4.78, 5) is 50.0. The molecule has 0 radical (unpaired) electrons. The van der Waals surface area contributed by atoms with E-state index in [2.05, 4.69) is 19.8 Å². The third-order valence-corrected chi connectivity index (χ3v) is 6.36. The number of rotatable bonds is 12. The molecule has 0 unspecified atom stereocenters. The molecule has 0 spiro atoms. The fraction of sp³-hybridized carbons (Fsp3) is 0.346. The van der Waals surface area contributed by atoms with E-state index in [0.717, 1.165) is 16.8 Å². The number of benzene rings is 2. The van der Waals surface area contributed by atoms with Crippen molar-refractivity contribution in [2.75, 3.05) is 6.61 Å². The first-order valence-electron chi connectivity index (χ1n) is 12.0. The van der Waals surface area contributed by atoms with Gasteiger partial charge in [-0.15, -0.1) is 0 Å². The smallest absolute Gasteiger partial charge is 0.469 e. The molecule has 10 nitrogen and oxygen atoms in total. The maximum Gasteiger partial charge on any atom is 0.469 e. The Labute approximate surface area is 226 Å². The highest BCUT2D eigenvalue weighted by Gasteiger charge is 2.20. The molecular formula is C26H31ClN3O7P. The Morgan fingerprint density at radius 2 is 1.84 bits per heavy atom. The first-order chi connectivity index (χ1) is 17.8. The maximum atomic E-state index is 13.0. The van der Waals surface area contributed by atoms with Gasteiger partial charge in [0.25, 0.3) is 5.91 Å². The van der Waals surface area contributed by atoms with Crippen LogP contribution in [0.15, 0.2) is 42.5 Å². The summed E-state index contributed by atoms with van der Waals surface area (Å²) >= 11 is 6.28. The number of aromatic amines is 1. The zero-order chi connectivity index (χ0) is 28.0. The molecule has 3 aromatic rings. The van der Waals surface area contributed by atoms with Crippen molar-refractivity contribution in [2.45, 2.75) is 52.7 Å². The normalized spacial score (nSPS) is 12.4. The Morgan fingerprint density at radius 1 is 1.16 bits per heavy atom. The summed E-state index contributed by atoms with van der Waals surface area (Å²) in [6, 6.07) is 11.7. The first-order valence-corrected chi connectivity index (χ1v) is 13.9. The van der Waals surface area contributed by atoms with Gasteiger partial charge in [0.15, 0.2) is 11.6 Å². The molecule has 4 N–H and O–H groups in total. The number of halogens is 1. The molecule has 1 aromatic heterocycles. The molecular weight excluding hydrogens is 533 g/mol. The number of Topliss-reactive ketones (excluding diaryl/α,β-unsaturated/α-hetero) is 1. The van der Waals surface area contributed by atoms with Crippen LogP contribution in [0, 0.1) is 6.92 Å². The number of carbonyl (C=O) groups excluding carboxylic acids is 2. The molecule has 1 heterocycles. The highest BCUT2D eigenvalue weighted by Crippen LogP contribution is 2.36. The summed E-state index contributed by atoms with van der Waals surface area (Å²) in [5.74, 6) is 0.200. The van der Waals surface area contributed by atoms with Crippen LogP contribution in [0.5, 0.6) is 5.75 Å². The fourth-order valence-electron chi connectivity index (χ4n) is 3.79. The van der Waals surface area contributed by atoms with E-state index < -0.39 is 19.8 Å². The number of amides is 1. The number of ether oxygens (including phenoxy) is 1. The van der Waals surface area contributed by atoms with Gasteiger partial charge >= 0.3 is 7.82 Å². The van der Waals surface area contributed by atoms with E-state index in [1.807, 2.05) is 45.0 Å². The van der Waals surface area contributed by atoms with Crippen molar-refractivity contribution >= 4 is 31.1 Å². The van der Waals surface area contributed by atoms with Crippen molar-refractivity contribution in [1.29, 1.82) is 0 Å². The highest BCUT2D eigenvalue weighted by molar-refractivity contribution is 7.46. The fourth-order valence-corrected chi connectivity index (χ4v) is 4.36. The van der Waals surface area contributed by atoms with E-state index in [-0.39, 0.29) is 24.9 Å². The number of H-pyrrole nitrogens is 1. The first kappa shape index (κ1) is 29.5. The maximum absolute atomic E-state index is 13.0. The van der Waals surface area contributed by atoms with E-state index in [1.165, 1.54) is 13.0 Å². The topological polar surface area (TPSA) is 151 Å². The zero-order valence-corrected chi connectivity index (χ0v) is 23.2. The van der Waals surface area contributed by atoms with E-state index in [4.69, 9.17) is 26.1 Å². The molecule has 0 saturated carbocycles. The third-order valence-electron chi connectivity index (χ3n) is 5.55. The summed E-state index contributed by atoms with van der Waals surface area (Å²) in [6.07, 6.45) is 0.448. The minimum absolute atomic E-state index is 0.0786. The number of ketones is 1. The number of aryl methyl sites for hydroxylation is 1. The van der Waals surface area contributed by atoms with E-state index in [1.54, 1.807) is 12.1 Å². The Hall–Kier alpha value is -3.01. The second kappa shape index (κ2) is 12.7. The number of imidazole rings is 1. The van der Waals surface area contributed by atoms with Gasteiger partial charge < -0.3 is 24.8 Å². The predicted octanol–water partition coefficient (Wildman–Crippen LogP) is 4.87. The van der Waals surface area contributed by atoms with Gasteiger partial charge in [-0.05, 0) is 57.4 Å². The van der Waals surface area contributed by atoms with Crippen molar-refractivity contribution in [2.24, 2.45) is 0 Å². The number of aromatic nitrogens is 2. The summed E-state index contributed by atoms with van der Waals surface area (Å²) in [5.41, 5.74) is 3.44. The Balaban J connectivity index is 1.75. The summed E-state index contributed by atoms with van der Waals surface area (Å²) in [6.45, 7) is 6.76. The van der Waals surface area contributed by atoms with E-state index in [0.29, 0.717) is 34.3 Å². The van der Waals surface area contributed by atoms with Gasteiger partial charge in [-0.1, -0.05) is 35.9 Å². The molecule has 38 heavy (non-hydrogen) atoms. The number of carbonyl (C=O) groups is 2. The van der Waals surface area contributed by atoms with Crippen molar-refractivity contribution in [3.8, 4) is 17.0 Å². The lowest BCUT2D eigenvalue weighted by molar-refractivity contribution is 0.0928. The van der Waals surface area contributed by atoms with Gasteiger partial charge in [0, 0.05) is 29.8 Å². The van der Waals surface area contributed by atoms with Crippen LogP contribution in [0.4, 0.5) is 0 Å². The molecule has 204 valence electrons. The SMILES string of the molecule is CC(=O)c1nc(-c2ccc(C[C@@H](CCOP(=O)(O)O)NC(=O)c3ccc(OC(C)C)c(Cl)c3)cc2)c(C)[nH]1. The van der Waals surface area contributed by atoms with Crippen LogP contribution in [0.3, 0.4) is 0 Å². The average molecular weight is 564 g/mol. The lowest BCUT2D eigenvalue weighted by atomic mass is 10.0. The van der Waals surface area contributed by atoms with Gasteiger partial charge in [0.2, 0.25) is 0 Å². The quantitative estimate of drug-likeness (QED) is 0.180. The number of hydrogen-bond donors (Lipinski definition) is 4. The number of nitrogens with one attached hydrogen (secondary N) is 2. The minimum atomic E-state index is -4.65. The molecule has 2 aromatic carbocycles. The molecule has 0 saturated heterocycles. The molecule has 0 bridgehead atoms. The van der Waals surface area contributed by atoms with Crippen molar-refractivity contribution in [3.05, 3.63) is 70.1 Å². The molecule has 1 amide bonds. The number of phosphoric ester groups is 1. The monoisotopic (exact) mass is 563 g/mol. The lowest BCUT2D eigenvalue weighted by Crippen LogP contribution is -2.37. The predicted molar refractivity (Wildman–Crippen MR) is 144 cm³/mol. The number of hydrogen-bond acceptors (Lipinski definition) is 6. The Kier molecular flexibility index (Phi) is 9.87. The van der Waals surface area contributed by atoms with Gasteiger partial charge in [-0.2, -0.15) is 0 Å². The molecule has 0 aliphatic heterocycles. The lowest BCUT2D eigenvalue weighted by Gasteiger charge is -2.20. The van der Waals surface area contributed by atoms with Crippen molar-refractivity contribution in [3.63, 3.8) is 0 Å². The molecule has 0 fully saturated rings. The van der Waals surface area contributed by atoms with Crippen LogP contribution in [-0.4, -0.2) is 50.2 Å². The Morgan fingerprint density at radius 3 is 2.39 bits per heavy atom. The largest absolute Gasteiger partial charge is 0.489 e. The van der Waals surface area contributed by atoms with Gasteiger partial charge in [-0.3, -0.25) is 14.1 Å². The van der Waals surface area contributed by atoms with Crippen LogP contribution in [-0.2, 0) is 15.5 Å². The van der Waals surface area contributed by atoms with Gasteiger partial charge in [-0.25, -0.2) is 9.55 Å². The van der Waals surface area contributed by atoms with E-state index in [9.17, 15) is 14.2 Å². The molecule has 12 heteroatoms. The molecule has 0 aliphatic rings. The zero-order valence-electron chi connectivity index (χ0n) is 21.5. The second-order valence-electron chi connectivity index (χ2n) is 9.11. The molecule has 3 rings (SSSR count). The van der Waals surface area contributed by atoms with Crippen LogP contribution >= 0.6 is 19.4 Å². The summed E-state index contributed by atoms with van der Waals surface area (Å²) < 4.78 is 21.3. The van der Waals surface area contributed by atoms with Gasteiger partial charge in [0.05, 0.1) is 23.4 Å². The van der Waals surface area contributed by atoms with Crippen LogP contribution in [0.1, 0.15) is 59.4 Å². The minimum Gasteiger partial charge on any atom is -0.489 e. The summed E-state index contributed by atoms with van der Waals surface area (Å²) in [5, 5.41) is 3.20. The van der Waals surface area contributed by atoms with Crippen LogP contribution < -0.4 is 10.1 Å². The Bertz CT molecular complexity index is 1340. The average Bonchev–Trinajstić information content (AvgIpc) is 3.21. The standard InChI is InChI=1S/C26H31ClN3O7P/c1-15(2)37-23-10-9-20(14-22(23)27)26(32)29-21(11-12-36-38(33,34)35)13-18-5-7-19(8-6-18)24-16(3)28-25(30-24)17(4)31/h5-10,14-15,21H,11-13H2,1-4H3,(H,28,30)(H,29,32)(H2,33,34,35)/t21-/m1/s1. The van der Waals surface area contributed by atoms with Crippen molar-refractivity contribution < 1.29 is 33.2 Å².